The lowest BCUT2D eigenvalue weighted by Gasteiger charge is -2.23. The predicted molar refractivity (Wildman–Crippen MR) is 74.6 cm³/mol. The van der Waals surface area contributed by atoms with E-state index in [9.17, 15) is 0 Å². The molecule has 19 heavy (non-hydrogen) atoms. The summed E-state index contributed by atoms with van der Waals surface area (Å²) in [6.07, 6.45) is 2.44. The molecule has 2 aromatic rings. The number of oxazole rings is 1. The second-order valence-corrected chi connectivity index (χ2v) is 5.40. The van der Waals surface area contributed by atoms with Gasteiger partial charge >= 0.3 is 0 Å². The fourth-order valence-corrected chi connectivity index (χ4v) is 2.35. The third-order valence-corrected chi connectivity index (χ3v) is 3.46. The molecule has 0 bridgehead atoms. The molecule has 1 aromatic heterocycles. The average molecular weight is 260 g/mol. The van der Waals surface area contributed by atoms with Crippen molar-refractivity contribution in [2.45, 2.75) is 38.7 Å². The minimum Gasteiger partial charge on any atom is -0.490 e. The monoisotopic (exact) mass is 260 g/mol. The molecule has 1 aromatic carbocycles. The van der Waals surface area contributed by atoms with Gasteiger partial charge in [0.15, 0.2) is 11.5 Å². The molecule has 0 saturated carbocycles. The highest BCUT2D eigenvalue weighted by Crippen LogP contribution is 2.26. The molecule has 0 atom stereocenters. The molecule has 0 unspecified atom stereocenters. The summed E-state index contributed by atoms with van der Waals surface area (Å²) in [5.74, 6) is 1.98. The maximum Gasteiger partial charge on any atom is 0.198 e. The highest BCUT2D eigenvalue weighted by molar-refractivity contribution is 5.74. The lowest BCUT2D eigenvalue weighted by Crippen LogP contribution is -2.34. The number of rotatable bonds is 3. The molecule has 1 aliphatic rings. The molecule has 1 aliphatic heterocycles. The van der Waals surface area contributed by atoms with Crippen molar-refractivity contribution < 1.29 is 9.15 Å². The van der Waals surface area contributed by atoms with Gasteiger partial charge in [-0.2, -0.15) is 0 Å². The molecule has 1 fully saturated rings. The quantitative estimate of drug-likeness (QED) is 0.921. The molecule has 4 nitrogen and oxygen atoms in total. The van der Waals surface area contributed by atoms with Crippen LogP contribution in [0.5, 0.6) is 5.75 Å². The summed E-state index contributed by atoms with van der Waals surface area (Å²) >= 11 is 0. The maximum atomic E-state index is 6.01. The number of nitrogens with one attached hydrogen (secondary N) is 1. The van der Waals surface area contributed by atoms with Gasteiger partial charge in [-0.15, -0.1) is 0 Å². The van der Waals surface area contributed by atoms with E-state index in [4.69, 9.17) is 9.15 Å². The standard InChI is InChI=1S/C15H20N2O2/c1-10(2)15-17-13-9-12(3-4-14(13)19-15)18-11-5-7-16-8-6-11/h3-4,9-11,16H,5-8H2,1-2H3. The topological polar surface area (TPSA) is 47.3 Å². The van der Waals surface area contributed by atoms with Crippen LogP contribution in [0.3, 0.4) is 0 Å². The molecule has 102 valence electrons. The van der Waals surface area contributed by atoms with Crippen molar-refractivity contribution >= 4 is 11.1 Å². The van der Waals surface area contributed by atoms with E-state index in [-0.39, 0.29) is 0 Å². The minimum atomic E-state index is 0.307. The van der Waals surface area contributed by atoms with E-state index in [2.05, 4.69) is 24.1 Å². The lowest BCUT2D eigenvalue weighted by atomic mass is 10.1. The summed E-state index contributed by atoms with van der Waals surface area (Å²) in [5, 5.41) is 3.34. The Kier molecular flexibility index (Phi) is 3.42. The van der Waals surface area contributed by atoms with E-state index in [0.29, 0.717) is 12.0 Å². The molecule has 2 heterocycles. The molecule has 3 rings (SSSR count). The zero-order chi connectivity index (χ0) is 13.2. The minimum absolute atomic E-state index is 0.307. The second kappa shape index (κ2) is 5.21. The molecule has 0 spiro atoms. The molecule has 0 amide bonds. The maximum absolute atomic E-state index is 6.01. The smallest absolute Gasteiger partial charge is 0.198 e. The summed E-state index contributed by atoms with van der Waals surface area (Å²) < 4.78 is 11.7. The van der Waals surface area contributed by atoms with Crippen molar-refractivity contribution in [1.82, 2.24) is 10.3 Å². The summed E-state index contributed by atoms with van der Waals surface area (Å²) in [6, 6.07) is 5.90. The predicted octanol–water partition coefficient (Wildman–Crippen LogP) is 3.08. The molecule has 0 radical (unpaired) electrons. The third kappa shape index (κ3) is 2.73. The van der Waals surface area contributed by atoms with Crippen LogP contribution >= 0.6 is 0 Å². The Hall–Kier alpha value is -1.55. The molecule has 1 N–H and O–H groups in total. The van der Waals surface area contributed by atoms with E-state index in [1.54, 1.807) is 0 Å². The molecule has 1 saturated heterocycles. The number of benzene rings is 1. The molecular formula is C15H20N2O2. The first-order chi connectivity index (χ1) is 9.22. The van der Waals surface area contributed by atoms with Crippen LogP contribution in [-0.4, -0.2) is 24.2 Å². The van der Waals surface area contributed by atoms with Crippen LogP contribution in [-0.2, 0) is 0 Å². The highest BCUT2D eigenvalue weighted by atomic mass is 16.5. The largest absolute Gasteiger partial charge is 0.490 e. The highest BCUT2D eigenvalue weighted by Gasteiger charge is 2.15. The average Bonchev–Trinajstić information content (AvgIpc) is 2.83. The first-order valence-corrected chi connectivity index (χ1v) is 7.00. The lowest BCUT2D eigenvalue weighted by molar-refractivity contribution is 0.162. The number of nitrogens with zero attached hydrogens (tertiary/aromatic N) is 1. The van der Waals surface area contributed by atoms with E-state index in [1.165, 1.54) is 0 Å². The normalized spacial score (nSPS) is 17.2. The Balaban J connectivity index is 1.80. The number of aromatic nitrogens is 1. The van der Waals surface area contributed by atoms with Crippen molar-refractivity contribution in [1.29, 1.82) is 0 Å². The Morgan fingerprint density at radius 2 is 2.11 bits per heavy atom. The van der Waals surface area contributed by atoms with E-state index >= 15 is 0 Å². The van der Waals surface area contributed by atoms with Crippen LogP contribution in [0.2, 0.25) is 0 Å². The van der Waals surface area contributed by atoms with Crippen LogP contribution < -0.4 is 10.1 Å². The van der Waals surface area contributed by atoms with Crippen LogP contribution in [0.1, 0.15) is 38.5 Å². The van der Waals surface area contributed by atoms with Gasteiger partial charge in [0, 0.05) is 12.0 Å². The third-order valence-electron chi connectivity index (χ3n) is 3.46. The van der Waals surface area contributed by atoms with Crippen molar-refractivity contribution in [3.8, 4) is 5.75 Å². The number of piperidine rings is 1. The number of hydrogen-bond donors (Lipinski definition) is 1. The second-order valence-electron chi connectivity index (χ2n) is 5.40. The van der Waals surface area contributed by atoms with Gasteiger partial charge in [0.25, 0.3) is 0 Å². The van der Waals surface area contributed by atoms with Crippen molar-refractivity contribution in [3.63, 3.8) is 0 Å². The summed E-state index contributed by atoms with van der Waals surface area (Å²) in [4.78, 5) is 4.51. The van der Waals surface area contributed by atoms with Gasteiger partial charge in [0.2, 0.25) is 0 Å². The van der Waals surface area contributed by atoms with Gasteiger partial charge in [-0.25, -0.2) is 4.98 Å². The van der Waals surface area contributed by atoms with Crippen LogP contribution in [0, 0.1) is 0 Å². The molecule has 4 heteroatoms. The van der Waals surface area contributed by atoms with E-state index in [1.807, 2.05) is 18.2 Å². The van der Waals surface area contributed by atoms with Crippen LogP contribution in [0.25, 0.3) is 11.1 Å². The van der Waals surface area contributed by atoms with Gasteiger partial charge in [0.05, 0.1) is 0 Å². The van der Waals surface area contributed by atoms with Crippen molar-refractivity contribution in [3.05, 3.63) is 24.1 Å². The molecular weight excluding hydrogens is 240 g/mol. The first kappa shape index (κ1) is 12.5. The van der Waals surface area contributed by atoms with Gasteiger partial charge in [0.1, 0.15) is 17.4 Å². The molecule has 0 aliphatic carbocycles. The van der Waals surface area contributed by atoms with E-state index in [0.717, 1.165) is 48.7 Å². The summed E-state index contributed by atoms with van der Waals surface area (Å²) in [7, 11) is 0. The fourth-order valence-electron chi connectivity index (χ4n) is 2.35. The van der Waals surface area contributed by atoms with Gasteiger partial charge in [-0.3, -0.25) is 0 Å². The zero-order valence-electron chi connectivity index (χ0n) is 11.5. The fraction of sp³-hybridized carbons (Fsp3) is 0.533. The van der Waals surface area contributed by atoms with Crippen molar-refractivity contribution in [2.24, 2.45) is 0 Å². The number of hydrogen-bond acceptors (Lipinski definition) is 4. The van der Waals surface area contributed by atoms with Gasteiger partial charge in [-0.05, 0) is 38.1 Å². The summed E-state index contributed by atoms with van der Waals surface area (Å²) in [5.41, 5.74) is 1.72. The van der Waals surface area contributed by atoms with Crippen molar-refractivity contribution in [2.75, 3.05) is 13.1 Å². The Morgan fingerprint density at radius 3 is 2.84 bits per heavy atom. The Labute approximate surface area is 113 Å². The SMILES string of the molecule is CC(C)c1nc2cc(OC3CCNCC3)ccc2o1. The van der Waals surface area contributed by atoms with Gasteiger partial charge < -0.3 is 14.5 Å². The van der Waals surface area contributed by atoms with Crippen LogP contribution in [0.4, 0.5) is 0 Å². The van der Waals surface area contributed by atoms with Gasteiger partial charge in [-0.1, -0.05) is 13.8 Å². The first-order valence-electron chi connectivity index (χ1n) is 7.00. The van der Waals surface area contributed by atoms with Crippen LogP contribution in [0.15, 0.2) is 22.6 Å². The zero-order valence-corrected chi connectivity index (χ0v) is 11.5. The Morgan fingerprint density at radius 1 is 1.32 bits per heavy atom. The van der Waals surface area contributed by atoms with E-state index < -0.39 is 0 Å². The number of fused-ring (bicyclic) bond motifs is 1. The summed E-state index contributed by atoms with van der Waals surface area (Å²) in [6.45, 7) is 6.23. The number of ether oxygens (including phenoxy) is 1. The Bertz CT molecular complexity index is 556.